The van der Waals surface area contributed by atoms with Crippen molar-refractivity contribution in [2.24, 2.45) is 0 Å². The molecule has 8 heteroatoms. The van der Waals surface area contributed by atoms with Gasteiger partial charge in [-0.3, -0.25) is 14.9 Å². The Morgan fingerprint density at radius 1 is 1.17 bits per heavy atom. The second-order valence-corrected chi connectivity index (χ2v) is 4.73. The number of non-ortho nitro benzene ring substituents is 1. The first-order valence-corrected chi connectivity index (χ1v) is 6.53. The summed E-state index contributed by atoms with van der Waals surface area (Å²) in [7, 11) is 0. The van der Waals surface area contributed by atoms with Crippen molar-refractivity contribution >= 4 is 11.6 Å². The standard InChI is InChI=1S/C15H12F2N2O4/c16-11-5-10(6-12(17)7-11)15(21)18-8-14(20)9-1-3-13(4-2-9)19(22)23/h1-7,14,20H,8H2,(H,18,21). The molecule has 0 aliphatic carbocycles. The van der Waals surface area contributed by atoms with E-state index in [-0.39, 0.29) is 17.8 Å². The summed E-state index contributed by atoms with van der Waals surface area (Å²) in [5.41, 5.74) is 0.0277. The van der Waals surface area contributed by atoms with Gasteiger partial charge in [0.25, 0.3) is 11.6 Å². The van der Waals surface area contributed by atoms with Crippen LogP contribution in [0.25, 0.3) is 0 Å². The van der Waals surface area contributed by atoms with E-state index in [0.717, 1.165) is 12.1 Å². The summed E-state index contributed by atoms with van der Waals surface area (Å²) in [5, 5.41) is 22.8. The summed E-state index contributed by atoms with van der Waals surface area (Å²) in [5.74, 6) is -2.51. The van der Waals surface area contributed by atoms with E-state index < -0.39 is 28.6 Å². The minimum absolute atomic E-state index is 0.125. The van der Waals surface area contributed by atoms with E-state index in [9.17, 15) is 28.8 Å². The smallest absolute Gasteiger partial charge is 0.269 e. The predicted molar refractivity (Wildman–Crippen MR) is 76.7 cm³/mol. The fourth-order valence-electron chi connectivity index (χ4n) is 1.91. The van der Waals surface area contributed by atoms with Crippen LogP contribution < -0.4 is 5.32 Å². The molecular formula is C15H12F2N2O4. The number of aliphatic hydroxyl groups excluding tert-OH is 1. The van der Waals surface area contributed by atoms with Gasteiger partial charge < -0.3 is 10.4 Å². The summed E-state index contributed by atoms with van der Waals surface area (Å²) in [4.78, 5) is 21.7. The van der Waals surface area contributed by atoms with Gasteiger partial charge in [0.15, 0.2) is 0 Å². The van der Waals surface area contributed by atoms with E-state index in [4.69, 9.17) is 0 Å². The van der Waals surface area contributed by atoms with Crippen LogP contribution in [0.4, 0.5) is 14.5 Å². The van der Waals surface area contributed by atoms with Crippen molar-refractivity contribution in [3.8, 4) is 0 Å². The summed E-state index contributed by atoms with van der Waals surface area (Å²) >= 11 is 0. The van der Waals surface area contributed by atoms with Crippen LogP contribution in [-0.4, -0.2) is 22.5 Å². The van der Waals surface area contributed by atoms with Gasteiger partial charge in [-0.15, -0.1) is 0 Å². The number of aliphatic hydroxyl groups is 1. The van der Waals surface area contributed by atoms with E-state index in [1.54, 1.807) is 0 Å². The maximum Gasteiger partial charge on any atom is 0.269 e. The molecule has 0 saturated heterocycles. The zero-order valence-corrected chi connectivity index (χ0v) is 11.7. The minimum atomic E-state index is -1.11. The molecule has 0 aromatic heterocycles. The Bertz CT molecular complexity index is 715. The molecule has 1 atom stereocenters. The van der Waals surface area contributed by atoms with Gasteiger partial charge in [0.05, 0.1) is 11.0 Å². The average molecular weight is 322 g/mol. The quantitative estimate of drug-likeness (QED) is 0.653. The molecule has 0 aliphatic heterocycles. The van der Waals surface area contributed by atoms with Crippen molar-refractivity contribution in [1.29, 1.82) is 0 Å². The van der Waals surface area contributed by atoms with Crippen molar-refractivity contribution in [1.82, 2.24) is 5.32 Å². The Hall–Kier alpha value is -2.87. The van der Waals surface area contributed by atoms with Gasteiger partial charge in [-0.25, -0.2) is 8.78 Å². The third-order valence-corrected chi connectivity index (χ3v) is 3.07. The molecule has 2 N–H and O–H groups in total. The molecule has 0 saturated carbocycles. The molecule has 2 rings (SSSR count). The van der Waals surface area contributed by atoms with Gasteiger partial charge in [-0.1, -0.05) is 0 Å². The monoisotopic (exact) mass is 322 g/mol. The second-order valence-electron chi connectivity index (χ2n) is 4.73. The van der Waals surface area contributed by atoms with Crippen LogP contribution in [-0.2, 0) is 0 Å². The van der Waals surface area contributed by atoms with Crippen LogP contribution in [0, 0.1) is 21.7 Å². The van der Waals surface area contributed by atoms with E-state index in [1.165, 1.54) is 24.3 Å². The number of hydrogen-bond acceptors (Lipinski definition) is 4. The maximum absolute atomic E-state index is 13.0. The highest BCUT2D eigenvalue weighted by atomic mass is 19.1. The van der Waals surface area contributed by atoms with Gasteiger partial charge in [0, 0.05) is 30.3 Å². The van der Waals surface area contributed by atoms with E-state index in [1.807, 2.05) is 0 Å². The Morgan fingerprint density at radius 2 is 1.74 bits per heavy atom. The number of hydrogen-bond donors (Lipinski definition) is 2. The van der Waals surface area contributed by atoms with Crippen LogP contribution in [0.2, 0.25) is 0 Å². The molecule has 0 radical (unpaired) electrons. The molecule has 0 heterocycles. The highest BCUT2D eigenvalue weighted by molar-refractivity contribution is 5.94. The van der Waals surface area contributed by atoms with Crippen molar-refractivity contribution in [2.45, 2.75) is 6.10 Å². The molecule has 0 bridgehead atoms. The van der Waals surface area contributed by atoms with Gasteiger partial charge >= 0.3 is 0 Å². The Labute approximate surface area is 129 Å². The molecule has 1 unspecified atom stereocenters. The lowest BCUT2D eigenvalue weighted by molar-refractivity contribution is -0.384. The molecule has 2 aromatic carbocycles. The molecule has 1 amide bonds. The second kappa shape index (κ2) is 6.93. The number of amides is 1. The van der Waals surface area contributed by atoms with Crippen LogP contribution in [0.3, 0.4) is 0 Å². The fourth-order valence-corrected chi connectivity index (χ4v) is 1.91. The van der Waals surface area contributed by atoms with Crippen LogP contribution in [0.5, 0.6) is 0 Å². The Morgan fingerprint density at radius 3 is 2.26 bits per heavy atom. The molecule has 0 fully saturated rings. The number of nitrogens with zero attached hydrogens (tertiary/aromatic N) is 1. The van der Waals surface area contributed by atoms with Crippen molar-refractivity contribution in [3.05, 3.63) is 75.3 Å². The number of halogens is 2. The molecule has 23 heavy (non-hydrogen) atoms. The third-order valence-electron chi connectivity index (χ3n) is 3.07. The summed E-state index contributed by atoms with van der Waals surface area (Å²) in [6, 6.07) is 7.55. The number of carbonyl (C=O) groups excluding carboxylic acids is 1. The van der Waals surface area contributed by atoms with Gasteiger partial charge in [0.2, 0.25) is 0 Å². The molecule has 6 nitrogen and oxygen atoms in total. The average Bonchev–Trinajstić information content (AvgIpc) is 2.51. The van der Waals surface area contributed by atoms with Crippen LogP contribution >= 0.6 is 0 Å². The molecular weight excluding hydrogens is 310 g/mol. The number of nitro groups is 1. The fraction of sp³-hybridized carbons (Fsp3) is 0.133. The predicted octanol–water partition coefficient (Wildman–Crippen LogP) is 2.34. The SMILES string of the molecule is O=C(NCC(O)c1ccc([N+](=O)[O-])cc1)c1cc(F)cc(F)c1. The Balaban J connectivity index is 1.99. The first kappa shape index (κ1) is 16.5. The normalized spacial score (nSPS) is 11.8. The number of nitrogens with one attached hydrogen (secondary N) is 1. The molecule has 120 valence electrons. The first-order valence-electron chi connectivity index (χ1n) is 6.53. The van der Waals surface area contributed by atoms with Gasteiger partial charge in [-0.05, 0) is 29.8 Å². The maximum atomic E-state index is 13.0. The van der Waals surface area contributed by atoms with E-state index in [0.29, 0.717) is 11.6 Å². The first-order chi connectivity index (χ1) is 10.9. The zero-order valence-electron chi connectivity index (χ0n) is 11.7. The lowest BCUT2D eigenvalue weighted by Crippen LogP contribution is -2.28. The molecule has 0 spiro atoms. The highest BCUT2D eigenvalue weighted by Crippen LogP contribution is 2.17. The van der Waals surface area contributed by atoms with Crippen molar-refractivity contribution in [2.75, 3.05) is 6.54 Å². The molecule has 2 aromatic rings. The Kier molecular flexibility index (Phi) is 4.97. The molecule has 0 aliphatic rings. The number of benzene rings is 2. The van der Waals surface area contributed by atoms with Crippen molar-refractivity contribution < 1.29 is 23.6 Å². The van der Waals surface area contributed by atoms with E-state index >= 15 is 0 Å². The van der Waals surface area contributed by atoms with Gasteiger partial charge in [-0.2, -0.15) is 0 Å². The van der Waals surface area contributed by atoms with E-state index in [2.05, 4.69) is 5.32 Å². The minimum Gasteiger partial charge on any atom is -0.387 e. The lowest BCUT2D eigenvalue weighted by atomic mass is 10.1. The highest BCUT2D eigenvalue weighted by Gasteiger charge is 2.14. The topological polar surface area (TPSA) is 92.5 Å². The van der Waals surface area contributed by atoms with Crippen LogP contribution in [0.15, 0.2) is 42.5 Å². The zero-order chi connectivity index (χ0) is 17.0. The number of nitro benzene ring substituents is 1. The summed E-state index contributed by atoms with van der Waals surface area (Å²) < 4.78 is 26.1. The number of carbonyl (C=O) groups is 1. The lowest BCUT2D eigenvalue weighted by Gasteiger charge is -2.12. The van der Waals surface area contributed by atoms with Gasteiger partial charge in [0.1, 0.15) is 11.6 Å². The number of rotatable bonds is 5. The summed E-state index contributed by atoms with van der Waals surface area (Å²) in [6.45, 7) is -0.214. The third kappa shape index (κ3) is 4.30. The summed E-state index contributed by atoms with van der Waals surface area (Å²) in [6.07, 6.45) is -1.11. The van der Waals surface area contributed by atoms with Crippen LogP contribution in [0.1, 0.15) is 22.0 Å². The largest absolute Gasteiger partial charge is 0.387 e. The van der Waals surface area contributed by atoms with Crippen molar-refractivity contribution in [3.63, 3.8) is 0 Å².